The summed E-state index contributed by atoms with van der Waals surface area (Å²) >= 11 is 0. The zero-order chi connectivity index (χ0) is 15.3. The minimum absolute atomic E-state index is 0.0326. The maximum atomic E-state index is 8.94. The predicted molar refractivity (Wildman–Crippen MR) is 88.0 cm³/mol. The van der Waals surface area contributed by atoms with Crippen LogP contribution >= 0.6 is 0 Å². The summed E-state index contributed by atoms with van der Waals surface area (Å²) in [6, 6.07) is 2.23. The van der Waals surface area contributed by atoms with Crippen molar-refractivity contribution < 1.29 is 4.43 Å². The molecule has 0 aliphatic rings. The van der Waals surface area contributed by atoms with Crippen LogP contribution in [0.15, 0.2) is 0 Å². The van der Waals surface area contributed by atoms with E-state index >= 15 is 0 Å². The molecule has 0 unspecified atom stereocenters. The highest BCUT2D eigenvalue weighted by molar-refractivity contribution is 6.83. The molecule has 0 rings (SSSR count). The molecule has 0 radical (unpaired) electrons. The summed E-state index contributed by atoms with van der Waals surface area (Å²) in [6.07, 6.45) is 1.09. The molecule has 0 aromatic carbocycles. The van der Waals surface area contributed by atoms with Gasteiger partial charge in [0.25, 0.3) is 0 Å². The van der Waals surface area contributed by atoms with Gasteiger partial charge in [-0.2, -0.15) is 5.26 Å². The molecule has 2 nitrogen and oxygen atoms in total. The third-order valence-corrected chi connectivity index (χ3v) is 8.84. The second-order valence-corrected chi connectivity index (χ2v) is 17.1. The van der Waals surface area contributed by atoms with E-state index in [1.165, 1.54) is 0 Å². The van der Waals surface area contributed by atoms with Crippen molar-refractivity contribution in [2.45, 2.75) is 77.5 Å². The molecule has 0 amide bonds. The number of nitrogens with zero attached hydrogens (tertiary/aromatic N) is 1. The zero-order valence-electron chi connectivity index (χ0n) is 13.8. The maximum Gasteiger partial charge on any atom is 0.192 e. The number of rotatable bonds is 4. The number of hydrogen-bond donors (Lipinski definition) is 0. The average molecular weight is 296 g/mol. The highest BCUT2D eigenvalue weighted by atomic mass is 28.4. The van der Waals surface area contributed by atoms with Gasteiger partial charge < -0.3 is 4.43 Å². The van der Waals surface area contributed by atoms with Gasteiger partial charge >= 0.3 is 0 Å². The number of nitriles is 1. The molecular weight excluding hydrogens is 266 g/mol. The molecule has 4 heteroatoms. The van der Waals surface area contributed by atoms with Gasteiger partial charge in [-0.15, -0.1) is 11.5 Å². The molecule has 19 heavy (non-hydrogen) atoms. The Bertz CT molecular complexity index is 386. The lowest BCUT2D eigenvalue weighted by molar-refractivity contribution is 0.190. The Balaban J connectivity index is 4.77. The summed E-state index contributed by atoms with van der Waals surface area (Å²) in [5.74, 6) is 3.24. The molecule has 1 atom stereocenters. The van der Waals surface area contributed by atoms with E-state index in [2.05, 4.69) is 71.0 Å². The molecule has 0 aromatic heterocycles. The van der Waals surface area contributed by atoms with E-state index in [1.54, 1.807) is 0 Å². The van der Waals surface area contributed by atoms with Crippen LogP contribution in [-0.2, 0) is 4.43 Å². The van der Waals surface area contributed by atoms with Crippen LogP contribution in [0.3, 0.4) is 0 Å². The summed E-state index contributed by atoms with van der Waals surface area (Å²) in [6.45, 7) is 17.8. The van der Waals surface area contributed by atoms with Crippen molar-refractivity contribution in [2.24, 2.45) is 0 Å². The smallest absolute Gasteiger partial charge is 0.192 e. The van der Waals surface area contributed by atoms with Crippen LogP contribution in [0.1, 0.15) is 33.6 Å². The van der Waals surface area contributed by atoms with E-state index in [1.807, 2.05) is 0 Å². The van der Waals surface area contributed by atoms with E-state index < -0.39 is 16.4 Å². The van der Waals surface area contributed by atoms with E-state index in [4.69, 9.17) is 9.69 Å². The van der Waals surface area contributed by atoms with Crippen LogP contribution in [0.2, 0.25) is 37.8 Å². The largest absolute Gasteiger partial charge is 0.412 e. The van der Waals surface area contributed by atoms with E-state index in [0.29, 0.717) is 12.8 Å². The molecule has 108 valence electrons. The van der Waals surface area contributed by atoms with Crippen molar-refractivity contribution in [3.8, 4) is 17.5 Å². The normalized spacial score (nSPS) is 14.3. The Morgan fingerprint density at radius 2 is 1.58 bits per heavy atom. The van der Waals surface area contributed by atoms with Gasteiger partial charge in [0.2, 0.25) is 0 Å². The van der Waals surface area contributed by atoms with Crippen LogP contribution in [0.4, 0.5) is 0 Å². The maximum absolute atomic E-state index is 8.94. The first-order chi connectivity index (χ1) is 8.39. The molecule has 0 N–H and O–H groups in total. The first-order valence-electron chi connectivity index (χ1n) is 6.94. The van der Waals surface area contributed by atoms with Gasteiger partial charge in [-0.25, -0.2) is 0 Å². The fraction of sp³-hybridized carbons (Fsp3) is 0.800. The van der Waals surface area contributed by atoms with Crippen molar-refractivity contribution >= 4 is 16.4 Å². The molecule has 0 aromatic rings. The highest BCUT2D eigenvalue weighted by Gasteiger charge is 2.38. The summed E-state index contributed by atoms with van der Waals surface area (Å²) in [7, 11) is -3.14. The van der Waals surface area contributed by atoms with Gasteiger partial charge in [0, 0.05) is 6.42 Å². The fourth-order valence-corrected chi connectivity index (χ4v) is 3.27. The van der Waals surface area contributed by atoms with Crippen molar-refractivity contribution in [2.75, 3.05) is 0 Å². The van der Waals surface area contributed by atoms with E-state index in [0.717, 1.165) is 0 Å². The summed E-state index contributed by atoms with van der Waals surface area (Å²) < 4.78 is 6.29. The lowest BCUT2D eigenvalue weighted by Gasteiger charge is -2.38. The minimum atomic E-state index is -1.81. The Morgan fingerprint density at radius 3 is 1.95 bits per heavy atom. The fourth-order valence-electron chi connectivity index (χ4n) is 1.28. The van der Waals surface area contributed by atoms with Crippen molar-refractivity contribution in [1.82, 2.24) is 0 Å². The second-order valence-electron chi connectivity index (χ2n) is 7.62. The topological polar surface area (TPSA) is 33.0 Å². The van der Waals surface area contributed by atoms with Gasteiger partial charge in [-0.1, -0.05) is 40.4 Å². The molecular formula is C15H29NOSi2. The quantitative estimate of drug-likeness (QED) is 0.562. The molecule has 0 aliphatic heterocycles. The van der Waals surface area contributed by atoms with Gasteiger partial charge in [0.1, 0.15) is 8.07 Å². The zero-order valence-corrected chi connectivity index (χ0v) is 15.8. The van der Waals surface area contributed by atoms with Gasteiger partial charge in [-0.05, 0) is 18.1 Å². The third kappa shape index (κ3) is 7.57. The van der Waals surface area contributed by atoms with Crippen LogP contribution in [0, 0.1) is 22.8 Å². The number of hydrogen-bond acceptors (Lipinski definition) is 2. The molecule has 0 bridgehead atoms. The second kappa shape index (κ2) is 6.75. The lowest BCUT2D eigenvalue weighted by atomic mass is 10.2. The highest BCUT2D eigenvalue weighted by Crippen LogP contribution is 2.37. The molecule has 0 aliphatic carbocycles. The monoisotopic (exact) mass is 295 g/mol. The van der Waals surface area contributed by atoms with Gasteiger partial charge in [0.05, 0.1) is 18.6 Å². The average Bonchev–Trinajstić information content (AvgIpc) is 2.13. The lowest BCUT2D eigenvalue weighted by Crippen LogP contribution is -2.43. The Hall–Kier alpha value is -0.556. The molecule has 0 fully saturated rings. The van der Waals surface area contributed by atoms with Crippen LogP contribution in [0.25, 0.3) is 0 Å². The first-order valence-corrected chi connectivity index (χ1v) is 13.3. The van der Waals surface area contributed by atoms with E-state index in [-0.39, 0.29) is 11.1 Å². The van der Waals surface area contributed by atoms with Crippen LogP contribution < -0.4 is 0 Å². The van der Waals surface area contributed by atoms with Crippen molar-refractivity contribution in [3.63, 3.8) is 0 Å². The SMILES string of the molecule is CC(C)(C)[Si](C)(C)O[C@@H](CC#N)CC#C[Si](C)(C)C. The predicted octanol–water partition coefficient (Wildman–Crippen LogP) is 4.56. The van der Waals surface area contributed by atoms with Crippen molar-refractivity contribution in [3.05, 3.63) is 0 Å². The summed E-state index contributed by atoms with van der Waals surface area (Å²) in [5, 5.41) is 9.11. The Labute approximate surface area is 121 Å². The Morgan fingerprint density at radius 1 is 1.05 bits per heavy atom. The van der Waals surface area contributed by atoms with Crippen LogP contribution in [-0.4, -0.2) is 22.5 Å². The molecule has 0 spiro atoms. The summed E-state index contributed by atoms with van der Waals surface area (Å²) in [4.78, 5) is 0. The molecule has 0 heterocycles. The summed E-state index contributed by atoms with van der Waals surface area (Å²) in [5.41, 5.74) is 3.35. The van der Waals surface area contributed by atoms with Gasteiger partial charge in [0.15, 0.2) is 8.32 Å². The van der Waals surface area contributed by atoms with Crippen molar-refractivity contribution in [1.29, 1.82) is 5.26 Å². The van der Waals surface area contributed by atoms with Crippen LogP contribution in [0.5, 0.6) is 0 Å². The first kappa shape index (κ1) is 18.4. The molecule has 0 saturated heterocycles. The molecule has 0 saturated carbocycles. The standard InChI is InChI=1S/C15H29NOSi2/c1-15(2,3)19(7,8)17-14(11-12-16)10-9-13-18(4,5)6/h14H,10-11H2,1-8H3/t14-/m1/s1. The van der Waals surface area contributed by atoms with Gasteiger partial charge in [-0.3, -0.25) is 0 Å². The third-order valence-electron chi connectivity index (χ3n) is 3.38. The van der Waals surface area contributed by atoms with E-state index in [9.17, 15) is 0 Å². The minimum Gasteiger partial charge on any atom is -0.412 e. The Kier molecular flexibility index (Phi) is 6.55.